The molecule has 1 aliphatic rings. The van der Waals surface area contributed by atoms with Crippen molar-refractivity contribution in [3.8, 4) is 0 Å². The van der Waals surface area contributed by atoms with Crippen molar-refractivity contribution >= 4 is 27.8 Å². The van der Waals surface area contributed by atoms with E-state index >= 15 is 0 Å². The Hall–Kier alpha value is -2.48. The van der Waals surface area contributed by atoms with E-state index in [-0.39, 0.29) is 0 Å². The van der Waals surface area contributed by atoms with Gasteiger partial charge in [0.2, 0.25) is 0 Å². The van der Waals surface area contributed by atoms with Crippen LogP contribution in [0.15, 0.2) is 24.4 Å². The summed E-state index contributed by atoms with van der Waals surface area (Å²) in [5.41, 5.74) is 4.31. The molecule has 0 bridgehead atoms. The van der Waals surface area contributed by atoms with Crippen molar-refractivity contribution < 1.29 is 14.3 Å². The Morgan fingerprint density at radius 1 is 1.17 bits per heavy atom. The van der Waals surface area contributed by atoms with Gasteiger partial charge in [0.15, 0.2) is 5.69 Å². The van der Waals surface area contributed by atoms with Crippen molar-refractivity contribution in [2.24, 2.45) is 0 Å². The van der Waals surface area contributed by atoms with Gasteiger partial charge in [-0.15, -0.1) is 0 Å². The van der Waals surface area contributed by atoms with Gasteiger partial charge in [-0.2, -0.15) is 0 Å². The number of carbonyl (C=O) groups excluding carboxylic acids is 1. The van der Waals surface area contributed by atoms with E-state index in [1.165, 1.54) is 5.56 Å². The van der Waals surface area contributed by atoms with E-state index in [0.29, 0.717) is 18.9 Å². The molecule has 1 aliphatic heterocycles. The molecule has 4 rings (SSSR count). The Morgan fingerprint density at radius 2 is 1.97 bits per heavy atom. The minimum atomic E-state index is -0.410. The van der Waals surface area contributed by atoms with Gasteiger partial charge < -0.3 is 19.4 Å². The van der Waals surface area contributed by atoms with Gasteiger partial charge in [-0.05, 0) is 25.6 Å². The summed E-state index contributed by atoms with van der Waals surface area (Å²) in [5.74, 6) is -0.410. The number of H-pyrrole nitrogens is 1. The number of nitrogens with zero attached hydrogens (tertiary/aromatic N) is 3. The maximum absolute atomic E-state index is 12.5. The van der Waals surface area contributed by atoms with Crippen LogP contribution < -0.4 is 0 Å². The third kappa shape index (κ3) is 3.85. The summed E-state index contributed by atoms with van der Waals surface area (Å²) < 4.78 is 10.7. The zero-order valence-electron chi connectivity index (χ0n) is 17.3. The number of fused-ring (bicyclic) bond motifs is 3. The van der Waals surface area contributed by atoms with E-state index in [9.17, 15) is 4.79 Å². The third-order valence-corrected chi connectivity index (χ3v) is 5.60. The molecule has 0 spiro atoms. The first kappa shape index (κ1) is 19.8. The number of pyridine rings is 1. The number of carbonyl (C=O) groups is 1. The molecule has 29 heavy (non-hydrogen) atoms. The average Bonchev–Trinajstić information content (AvgIpc) is 3.10. The Morgan fingerprint density at radius 3 is 2.69 bits per heavy atom. The van der Waals surface area contributed by atoms with Gasteiger partial charge in [0.25, 0.3) is 0 Å². The number of esters is 1. The molecule has 0 atom stereocenters. The predicted molar refractivity (Wildman–Crippen MR) is 113 cm³/mol. The van der Waals surface area contributed by atoms with E-state index in [1.54, 1.807) is 20.2 Å². The number of rotatable bonds is 6. The highest BCUT2D eigenvalue weighted by Crippen LogP contribution is 2.33. The molecule has 1 aromatic carbocycles. The van der Waals surface area contributed by atoms with Crippen LogP contribution in [0.5, 0.6) is 0 Å². The molecule has 2 aromatic heterocycles. The summed E-state index contributed by atoms with van der Waals surface area (Å²) in [4.78, 5) is 25.2. The highest BCUT2D eigenvalue weighted by molar-refractivity contribution is 6.12. The van der Waals surface area contributed by atoms with Crippen LogP contribution in [0, 0.1) is 0 Å². The largest absolute Gasteiger partial charge is 0.461 e. The first-order chi connectivity index (χ1) is 14.1. The van der Waals surface area contributed by atoms with Crippen LogP contribution in [-0.4, -0.2) is 72.7 Å². The Bertz CT molecular complexity index is 1020. The van der Waals surface area contributed by atoms with Crippen molar-refractivity contribution in [1.29, 1.82) is 0 Å². The number of hydrogen-bond acceptors (Lipinski definition) is 6. The summed E-state index contributed by atoms with van der Waals surface area (Å²) in [6.07, 6.45) is 1.72. The molecule has 3 aromatic rings. The van der Waals surface area contributed by atoms with E-state index in [4.69, 9.17) is 9.47 Å². The lowest BCUT2D eigenvalue weighted by molar-refractivity contribution is 0.0514. The van der Waals surface area contributed by atoms with Crippen LogP contribution in [0.25, 0.3) is 21.8 Å². The van der Waals surface area contributed by atoms with Crippen LogP contribution in [-0.2, 0) is 22.6 Å². The number of aromatic nitrogens is 2. The molecule has 154 valence electrons. The highest BCUT2D eigenvalue weighted by atomic mass is 16.5. The second-order valence-corrected chi connectivity index (χ2v) is 7.57. The molecular weight excluding hydrogens is 368 g/mol. The topological polar surface area (TPSA) is 70.7 Å². The average molecular weight is 396 g/mol. The smallest absolute Gasteiger partial charge is 0.357 e. The second kappa shape index (κ2) is 8.49. The van der Waals surface area contributed by atoms with Gasteiger partial charge in [-0.3, -0.25) is 4.90 Å². The first-order valence-corrected chi connectivity index (χ1v) is 10.1. The molecule has 7 heteroatoms. The van der Waals surface area contributed by atoms with Gasteiger partial charge in [0, 0.05) is 61.7 Å². The first-order valence-electron chi connectivity index (χ1n) is 10.1. The lowest BCUT2D eigenvalue weighted by Gasteiger charge is -2.32. The van der Waals surface area contributed by atoms with Crippen LogP contribution in [0.3, 0.4) is 0 Å². The number of methoxy groups -OCH3 is 1. The Labute approximate surface area is 170 Å². The van der Waals surface area contributed by atoms with Gasteiger partial charge >= 0.3 is 5.97 Å². The van der Waals surface area contributed by atoms with Crippen LogP contribution in [0.2, 0.25) is 0 Å². The van der Waals surface area contributed by atoms with E-state index < -0.39 is 5.97 Å². The number of nitrogens with one attached hydrogen (secondary N) is 1. The van der Waals surface area contributed by atoms with Gasteiger partial charge in [-0.25, -0.2) is 9.78 Å². The number of hydrogen-bond donors (Lipinski definition) is 1. The lowest BCUT2D eigenvalue weighted by Crippen LogP contribution is -2.43. The molecule has 0 radical (unpaired) electrons. The summed E-state index contributed by atoms with van der Waals surface area (Å²) in [6.45, 7) is 7.55. The van der Waals surface area contributed by atoms with E-state index in [1.807, 2.05) is 0 Å². The number of likely N-dealkylation sites (N-methyl/N-ethyl adjacent to an activating group) is 1. The summed E-state index contributed by atoms with van der Waals surface area (Å²) in [7, 11) is 3.80. The zero-order valence-corrected chi connectivity index (χ0v) is 17.3. The standard InChI is InChI=1S/C22H28N4O3/c1-4-29-22(27)21-16(14-28-3)20-18(12-23-21)24-17-7-5-6-15(19(17)20)13-26-10-8-25(2)9-11-26/h5-7,12,24H,4,8-11,13-14H2,1-3H3. The molecule has 0 amide bonds. The number of benzene rings is 1. The maximum Gasteiger partial charge on any atom is 0.357 e. The fourth-order valence-electron chi connectivity index (χ4n) is 4.12. The monoisotopic (exact) mass is 396 g/mol. The van der Waals surface area contributed by atoms with Crippen molar-refractivity contribution in [2.75, 3.05) is 46.9 Å². The van der Waals surface area contributed by atoms with Crippen LogP contribution in [0.1, 0.15) is 28.5 Å². The summed E-state index contributed by atoms with van der Waals surface area (Å²) in [5, 5.41) is 2.14. The number of aromatic amines is 1. The van der Waals surface area contributed by atoms with Crippen LogP contribution in [0.4, 0.5) is 0 Å². The molecule has 0 saturated carbocycles. The highest BCUT2D eigenvalue weighted by Gasteiger charge is 2.22. The van der Waals surface area contributed by atoms with Crippen molar-refractivity contribution in [3.05, 3.63) is 41.2 Å². The fraction of sp³-hybridized carbons (Fsp3) is 0.455. The quantitative estimate of drug-likeness (QED) is 0.646. The maximum atomic E-state index is 12.5. The van der Waals surface area contributed by atoms with Crippen molar-refractivity contribution in [1.82, 2.24) is 19.8 Å². The van der Waals surface area contributed by atoms with E-state index in [0.717, 1.165) is 60.1 Å². The van der Waals surface area contributed by atoms with Gasteiger partial charge in [0.1, 0.15) is 0 Å². The normalized spacial score (nSPS) is 16.0. The molecule has 1 fully saturated rings. The molecule has 3 heterocycles. The summed E-state index contributed by atoms with van der Waals surface area (Å²) >= 11 is 0. The molecule has 1 N–H and O–H groups in total. The molecule has 0 unspecified atom stereocenters. The zero-order chi connectivity index (χ0) is 20.4. The second-order valence-electron chi connectivity index (χ2n) is 7.57. The fourth-order valence-corrected chi connectivity index (χ4v) is 4.12. The molecule has 7 nitrogen and oxygen atoms in total. The summed E-state index contributed by atoms with van der Waals surface area (Å²) in [6, 6.07) is 6.33. The molecular formula is C22H28N4O3. The predicted octanol–water partition coefficient (Wildman–Crippen LogP) is 2.79. The SMILES string of the molecule is CCOC(=O)c1ncc2[nH]c3cccc(CN4CCN(C)CC4)c3c2c1COC. The molecule has 1 saturated heterocycles. The van der Waals surface area contributed by atoms with Gasteiger partial charge in [-0.1, -0.05) is 12.1 Å². The van der Waals surface area contributed by atoms with E-state index in [2.05, 4.69) is 45.0 Å². The van der Waals surface area contributed by atoms with Gasteiger partial charge in [0.05, 0.1) is 24.9 Å². The van der Waals surface area contributed by atoms with Crippen molar-refractivity contribution in [3.63, 3.8) is 0 Å². The van der Waals surface area contributed by atoms with Crippen LogP contribution >= 0.6 is 0 Å². The number of ether oxygens (including phenoxy) is 2. The number of piperazine rings is 1. The lowest BCUT2D eigenvalue weighted by atomic mass is 10.0. The molecule has 0 aliphatic carbocycles. The Balaban J connectivity index is 1.85. The third-order valence-electron chi connectivity index (χ3n) is 5.60. The Kier molecular flexibility index (Phi) is 5.80. The van der Waals surface area contributed by atoms with Crippen molar-refractivity contribution in [2.45, 2.75) is 20.1 Å². The minimum Gasteiger partial charge on any atom is -0.461 e. The minimum absolute atomic E-state index is 0.300.